The molecule has 1 saturated heterocycles. The predicted octanol–water partition coefficient (Wildman–Crippen LogP) is 2.05. The van der Waals surface area contributed by atoms with Crippen LogP contribution in [-0.2, 0) is 16.8 Å². The van der Waals surface area contributed by atoms with E-state index >= 15 is 0 Å². The summed E-state index contributed by atoms with van der Waals surface area (Å²) >= 11 is 0. The van der Waals surface area contributed by atoms with Gasteiger partial charge in [0.1, 0.15) is 11.3 Å². The number of imide groups is 1. The highest BCUT2D eigenvalue weighted by Crippen LogP contribution is 2.35. The summed E-state index contributed by atoms with van der Waals surface area (Å²) in [7, 11) is 0. The first-order valence-electron chi connectivity index (χ1n) is 6.20. The number of benzene rings is 1. The van der Waals surface area contributed by atoms with Crippen LogP contribution < -0.4 is 10.6 Å². The van der Waals surface area contributed by atoms with Crippen molar-refractivity contribution in [1.29, 1.82) is 0 Å². The smallest absolute Gasteiger partial charge is 0.322 e. The van der Waals surface area contributed by atoms with Gasteiger partial charge in [-0.3, -0.25) is 10.1 Å². The number of aryl methyl sites for hydroxylation is 1. The van der Waals surface area contributed by atoms with Crippen LogP contribution in [0.4, 0.5) is 4.79 Å². The molecular formula is C14H14N2O3. The Morgan fingerprint density at radius 3 is 2.63 bits per heavy atom. The molecule has 3 amide bonds. The molecule has 0 aliphatic carbocycles. The van der Waals surface area contributed by atoms with E-state index in [9.17, 15) is 9.59 Å². The molecule has 0 spiro atoms. The molecule has 2 N–H and O–H groups in total. The molecular weight excluding hydrogens is 244 g/mol. The zero-order chi connectivity index (χ0) is 13.6. The highest BCUT2D eigenvalue weighted by Gasteiger charge is 2.47. The molecule has 2 heterocycles. The Bertz CT molecular complexity index is 689. The first-order valence-corrected chi connectivity index (χ1v) is 6.20. The van der Waals surface area contributed by atoms with E-state index in [1.807, 2.05) is 31.2 Å². The van der Waals surface area contributed by atoms with E-state index in [2.05, 4.69) is 10.6 Å². The van der Waals surface area contributed by atoms with E-state index in [1.165, 1.54) is 0 Å². The van der Waals surface area contributed by atoms with Crippen LogP contribution in [0.3, 0.4) is 0 Å². The highest BCUT2D eigenvalue weighted by atomic mass is 16.3. The summed E-state index contributed by atoms with van der Waals surface area (Å²) in [5.41, 5.74) is 0.543. The third-order valence-electron chi connectivity index (χ3n) is 3.55. The Hall–Kier alpha value is -2.30. The summed E-state index contributed by atoms with van der Waals surface area (Å²) in [4.78, 5) is 23.4. The van der Waals surface area contributed by atoms with Crippen molar-refractivity contribution in [1.82, 2.24) is 10.6 Å². The monoisotopic (exact) mass is 258 g/mol. The number of nitrogens with one attached hydrogen (secondary N) is 2. The number of para-hydroxylation sites is 1. The number of fused-ring (bicyclic) bond motifs is 1. The lowest BCUT2D eigenvalue weighted by Crippen LogP contribution is -2.40. The number of hydrogen-bond acceptors (Lipinski definition) is 3. The van der Waals surface area contributed by atoms with Gasteiger partial charge >= 0.3 is 6.03 Å². The summed E-state index contributed by atoms with van der Waals surface area (Å²) in [6.07, 6.45) is 0.727. The fourth-order valence-electron chi connectivity index (χ4n) is 2.56. The average molecular weight is 258 g/mol. The van der Waals surface area contributed by atoms with Gasteiger partial charge in [-0.2, -0.15) is 0 Å². The summed E-state index contributed by atoms with van der Waals surface area (Å²) in [6.45, 7) is 3.66. The summed E-state index contributed by atoms with van der Waals surface area (Å²) in [5, 5.41) is 5.87. The van der Waals surface area contributed by atoms with Crippen LogP contribution >= 0.6 is 0 Å². The molecule has 3 rings (SSSR count). The molecule has 98 valence electrons. The lowest BCUT2D eigenvalue weighted by Gasteiger charge is -2.19. The summed E-state index contributed by atoms with van der Waals surface area (Å²) in [6, 6.07) is 7.13. The van der Waals surface area contributed by atoms with Gasteiger partial charge in [0, 0.05) is 10.9 Å². The van der Waals surface area contributed by atoms with Crippen LogP contribution in [0.5, 0.6) is 0 Å². The lowest BCUT2D eigenvalue weighted by atomic mass is 9.93. The fourth-order valence-corrected chi connectivity index (χ4v) is 2.56. The molecule has 19 heavy (non-hydrogen) atoms. The van der Waals surface area contributed by atoms with Crippen molar-refractivity contribution >= 4 is 22.9 Å². The van der Waals surface area contributed by atoms with E-state index in [-0.39, 0.29) is 5.91 Å². The van der Waals surface area contributed by atoms with Crippen molar-refractivity contribution in [2.45, 2.75) is 25.8 Å². The minimum atomic E-state index is -1.14. The Balaban J connectivity index is 2.25. The minimum absolute atomic E-state index is 0.383. The van der Waals surface area contributed by atoms with Gasteiger partial charge < -0.3 is 9.73 Å². The molecule has 0 saturated carbocycles. The van der Waals surface area contributed by atoms with Crippen LogP contribution in [0.1, 0.15) is 25.2 Å². The van der Waals surface area contributed by atoms with Gasteiger partial charge in [-0.1, -0.05) is 25.1 Å². The Labute approximate surface area is 110 Å². The molecule has 1 aliphatic rings. The van der Waals surface area contributed by atoms with Crippen molar-refractivity contribution in [2.75, 3.05) is 0 Å². The molecule has 1 unspecified atom stereocenters. The third kappa shape index (κ3) is 1.54. The predicted molar refractivity (Wildman–Crippen MR) is 69.6 cm³/mol. The third-order valence-corrected chi connectivity index (χ3v) is 3.55. The van der Waals surface area contributed by atoms with Crippen molar-refractivity contribution in [3.63, 3.8) is 0 Å². The molecule has 1 aromatic heterocycles. The number of hydrogen-bond donors (Lipinski definition) is 2. The molecule has 2 aromatic rings. The molecule has 0 bridgehead atoms. The van der Waals surface area contributed by atoms with Crippen LogP contribution in [0, 0.1) is 0 Å². The number of amides is 3. The van der Waals surface area contributed by atoms with Gasteiger partial charge in [-0.25, -0.2) is 4.79 Å². The van der Waals surface area contributed by atoms with Gasteiger partial charge in [-0.05, 0) is 19.4 Å². The number of carbonyl (C=O) groups is 2. The van der Waals surface area contributed by atoms with Crippen molar-refractivity contribution in [2.24, 2.45) is 0 Å². The van der Waals surface area contributed by atoms with E-state index in [1.54, 1.807) is 6.92 Å². The zero-order valence-corrected chi connectivity index (χ0v) is 10.7. The van der Waals surface area contributed by atoms with E-state index in [4.69, 9.17) is 4.42 Å². The van der Waals surface area contributed by atoms with Crippen molar-refractivity contribution in [3.8, 4) is 0 Å². The molecule has 1 atom stereocenters. The highest BCUT2D eigenvalue weighted by molar-refractivity contribution is 6.07. The second-order valence-corrected chi connectivity index (χ2v) is 4.79. The fraction of sp³-hybridized carbons (Fsp3) is 0.286. The molecule has 1 aliphatic heterocycles. The Morgan fingerprint density at radius 2 is 2.00 bits per heavy atom. The average Bonchev–Trinajstić information content (AvgIpc) is 2.88. The summed E-state index contributed by atoms with van der Waals surface area (Å²) < 4.78 is 5.82. The molecule has 1 fully saturated rings. The number of carbonyl (C=O) groups excluding carboxylic acids is 2. The van der Waals surface area contributed by atoms with Crippen LogP contribution in [0.25, 0.3) is 11.0 Å². The Kier molecular flexibility index (Phi) is 2.38. The second kappa shape index (κ2) is 3.85. The number of urea groups is 1. The lowest BCUT2D eigenvalue weighted by molar-refractivity contribution is -0.124. The molecule has 0 radical (unpaired) electrons. The van der Waals surface area contributed by atoms with Gasteiger partial charge in [0.15, 0.2) is 5.54 Å². The van der Waals surface area contributed by atoms with Crippen LogP contribution in [0.2, 0.25) is 0 Å². The van der Waals surface area contributed by atoms with Gasteiger partial charge in [0.2, 0.25) is 0 Å². The standard InChI is InChI=1S/C14H14N2O3/c1-3-8-9-6-4-5-7-10(9)19-11(8)14(2)12(17)15-13(18)16-14/h4-7H,3H2,1-2H3,(H2,15,16,17,18). The van der Waals surface area contributed by atoms with E-state index < -0.39 is 11.6 Å². The van der Waals surface area contributed by atoms with Crippen molar-refractivity contribution in [3.05, 3.63) is 35.6 Å². The summed E-state index contributed by atoms with van der Waals surface area (Å²) in [5.74, 6) is 0.130. The molecule has 1 aromatic carbocycles. The van der Waals surface area contributed by atoms with Gasteiger partial charge in [0.05, 0.1) is 0 Å². The molecule has 5 nitrogen and oxygen atoms in total. The van der Waals surface area contributed by atoms with Crippen LogP contribution in [0.15, 0.2) is 28.7 Å². The largest absolute Gasteiger partial charge is 0.458 e. The van der Waals surface area contributed by atoms with Gasteiger partial charge in [0.25, 0.3) is 5.91 Å². The minimum Gasteiger partial charge on any atom is -0.458 e. The normalized spacial score (nSPS) is 22.6. The van der Waals surface area contributed by atoms with Crippen LogP contribution in [-0.4, -0.2) is 11.9 Å². The zero-order valence-electron chi connectivity index (χ0n) is 10.7. The van der Waals surface area contributed by atoms with E-state index in [0.29, 0.717) is 5.76 Å². The topological polar surface area (TPSA) is 71.3 Å². The second-order valence-electron chi connectivity index (χ2n) is 4.79. The Morgan fingerprint density at radius 1 is 1.26 bits per heavy atom. The van der Waals surface area contributed by atoms with E-state index in [0.717, 1.165) is 23.0 Å². The van der Waals surface area contributed by atoms with Crippen molar-refractivity contribution < 1.29 is 14.0 Å². The number of furan rings is 1. The number of rotatable bonds is 2. The maximum Gasteiger partial charge on any atom is 0.322 e. The quantitative estimate of drug-likeness (QED) is 0.810. The van der Waals surface area contributed by atoms with Gasteiger partial charge in [-0.15, -0.1) is 0 Å². The maximum absolute atomic E-state index is 12.0. The first kappa shape index (κ1) is 11.8. The first-order chi connectivity index (χ1) is 9.06. The molecule has 5 heteroatoms. The SMILES string of the molecule is CCc1c(C2(C)NC(=O)NC2=O)oc2ccccc12. The maximum atomic E-state index is 12.0.